The summed E-state index contributed by atoms with van der Waals surface area (Å²) < 4.78 is 4.90. The third-order valence-electron chi connectivity index (χ3n) is 3.19. The minimum Gasteiger partial charge on any atom is -0.480 e. The van der Waals surface area contributed by atoms with Crippen LogP contribution in [0, 0.1) is 5.41 Å². The molecule has 0 spiro atoms. The maximum Gasteiger partial charge on any atom is 0.323 e. The Morgan fingerprint density at radius 3 is 2.39 bits per heavy atom. The molecule has 0 saturated heterocycles. The Balaban J connectivity index is 4.52. The van der Waals surface area contributed by atoms with Gasteiger partial charge in [-0.2, -0.15) is 0 Å². The largest absolute Gasteiger partial charge is 0.480 e. The first-order chi connectivity index (χ1) is 8.55. The fraction of sp³-hybridized carbons (Fsp3) is 0.714. The Hall–Kier alpha value is -1.32. The normalized spacial score (nSPS) is 13.7. The van der Waals surface area contributed by atoms with Crippen molar-refractivity contribution < 1.29 is 19.4 Å². The number of hydrogen-bond donors (Lipinski definition) is 1. The number of hydrogen-bond acceptors (Lipinski definition) is 3. The number of carboxylic acids is 1. The summed E-state index contributed by atoms with van der Waals surface area (Å²) >= 11 is 0. The van der Waals surface area contributed by atoms with E-state index < -0.39 is 17.4 Å². The van der Waals surface area contributed by atoms with Gasteiger partial charge in [0.15, 0.2) is 5.41 Å². The van der Waals surface area contributed by atoms with Gasteiger partial charge in [0.05, 0.1) is 6.61 Å². The van der Waals surface area contributed by atoms with E-state index in [9.17, 15) is 14.7 Å². The molecule has 0 heterocycles. The quantitative estimate of drug-likeness (QED) is 0.282. The summed E-state index contributed by atoms with van der Waals surface area (Å²) in [6, 6.07) is 0. The molecule has 0 bridgehead atoms. The van der Waals surface area contributed by atoms with E-state index in [2.05, 4.69) is 6.58 Å². The van der Waals surface area contributed by atoms with Crippen LogP contribution in [0.5, 0.6) is 0 Å². The van der Waals surface area contributed by atoms with Crippen LogP contribution in [-0.2, 0) is 14.3 Å². The molecule has 4 nitrogen and oxygen atoms in total. The maximum absolute atomic E-state index is 11.8. The molecule has 1 unspecified atom stereocenters. The zero-order valence-corrected chi connectivity index (χ0v) is 11.4. The number of carboxylic acid groups (broad SMARTS) is 1. The Morgan fingerprint density at radius 2 is 1.94 bits per heavy atom. The average molecular weight is 256 g/mol. The summed E-state index contributed by atoms with van der Waals surface area (Å²) in [5, 5.41) is 9.31. The number of carbonyl (C=O) groups is 2. The van der Waals surface area contributed by atoms with Crippen LogP contribution in [0.15, 0.2) is 12.7 Å². The lowest BCUT2D eigenvalue weighted by Crippen LogP contribution is -2.40. The van der Waals surface area contributed by atoms with Crippen molar-refractivity contribution in [2.45, 2.75) is 52.4 Å². The summed E-state index contributed by atoms with van der Waals surface area (Å²) in [5.41, 5.74) is -1.37. The van der Waals surface area contributed by atoms with E-state index in [-0.39, 0.29) is 13.0 Å². The highest BCUT2D eigenvalue weighted by Gasteiger charge is 2.45. The number of ether oxygens (including phenoxy) is 1. The zero-order chi connectivity index (χ0) is 14.0. The Bertz CT molecular complexity index is 286. The van der Waals surface area contributed by atoms with Gasteiger partial charge in [-0.25, -0.2) is 0 Å². The van der Waals surface area contributed by atoms with E-state index in [4.69, 9.17) is 4.74 Å². The molecule has 0 aromatic carbocycles. The predicted molar refractivity (Wildman–Crippen MR) is 70.3 cm³/mol. The van der Waals surface area contributed by atoms with Gasteiger partial charge >= 0.3 is 11.9 Å². The minimum atomic E-state index is -1.37. The van der Waals surface area contributed by atoms with Crippen molar-refractivity contribution in [2.75, 3.05) is 6.61 Å². The summed E-state index contributed by atoms with van der Waals surface area (Å²) in [4.78, 5) is 23.2. The van der Waals surface area contributed by atoms with E-state index in [1.54, 1.807) is 13.8 Å². The van der Waals surface area contributed by atoms with Crippen LogP contribution in [-0.4, -0.2) is 23.7 Å². The van der Waals surface area contributed by atoms with Gasteiger partial charge in [0.1, 0.15) is 0 Å². The molecule has 0 saturated carbocycles. The topological polar surface area (TPSA) is 63.6 Å². The molecule has 0 aliphatic heterocycles. The predicted octanol–water partition coefficient (Wildman–Crippen LogP) is 3.17. The summed E-state index contributed by atoms with van der Waals surface area (Å²) in [6.07, 6.45) is 5.97. The van der Waals surface area contributed by atoms with E-state index in [1.165, 1.54) is 0 Å². The number of carbonyl (C=O) groups excluding carboxylic acids is 1. The van der Waals surface area contributed by atoms with Crippen molar-refractivity contribution in [3.63, 3.8) is 0 Å². The van der Waals surface area contributed by atoms with Gasteiger partial charge in [0.2, 0.25) is 0 Å². The molecule has 4 heteroatoms. The zero-order valence-electron chi connectivity index (χ0n) is 11.4. The van der Waals surface area contributed by atoms with Gasteiger partial charge in [-0.1, -0.05) is 25.8 Å². The smallest absolute Gasteiger partial charge is 0.323 e. The van der Waals surface area contributed by atoms with Crippen LogP contribution < -0.4 is 0 Å². The molecular formula is C14H24O4. The van der Waals surface area contributed by atoms with Crippen LogP contribution in [0.4, 0.5) is 0 Å². The van der Waals surface area contributed by atoms with E-state index in [0.29, 0.717) is 12.8 Å². The van der Waals surface area contributed by atoms with E-state index in [0.717, 1.165) is 19.3 Å². The fourth-order valence-corrected chi connectivity index (χ4v) is 1.93. The molecular weight excluding hydrogens is 232 g/mol. The number of unbranched alkanes of at least 4 members (excludes halogenated alkanes) is 3. The monoisotopic (exact) mass is 256 g/mol. The molecule has 0 aromatic rings. The highest BCUT2D eigenvalue weighted by atomic mass is 16.5. The molecule has 18 heavy (non-hydrogen) atoms. The lowest BCUT2D eigenvalue weighted by molar-refractivity contribution is -0.169. The lowest BCUT2D eigenvalue weighted by Gasteiger charge is -2.25. The number of esters is 1. The lowest BCUT2D eigenvalue weighted by atomic mass is 9.80. The van der Waals surface area contributed by atoms with Crippen molar-refractivity contribution in [1.29, 1.82) is 0 Å². The highest BCUT2D eigenvalue weighted by Crippen LogP contribution is 2.31. The average Bonchev–Trinajstić information content (AvgIpc) is 2.34. The molecule has 0 rings (SSSR count). The van der Waals surface area contributed by atoms with Crippen LogP contribution >= 0.6 is 0 Å². The van der Waals surface area contributed by atoms with Gasteiger partial charge in [0.25, 0.3) is 0 Å². The van der Waals surface area contributed by atoms with Crippen molar-refractivity contribution in [3.05, 3.63) is 12.7 Å². The van der Waals surface area contributed by atoms with E-state index in [1.807, 2.05) is 6.08 Å². The van der Waals surface area contributed by atoms with Gasteiger partial charge < -0.3 is 9.84 Å². The van der Waals surface area contributed by atoms with Crippen LogP contribution in [0.1, 0.15) is 52.4 Å². The Labute approximate surface area is 109 Å². The minimum absolute atomic E-state index is 0.213. The molecule has 104 valence electrons. The van der Waals surface area contributed by atoms with Crippen molar-refractivity contribution in [2.24, 2.45) is 5.41 Å². The fourth-order valence-electron chi connectivity index (χ4n) is 1.93. The number of rotatable bonds is 10. The van der Waals surface area contributed by atoms with E-state index >= 15 is 0 Å². The number of aliphatic carboxylic acids is 1. The second-order valence-electron chi connectivity index (χ2n) is 4.35. The summed E-state index contributed by atoms with van der Waals surface area (Å²) in [5.74, 6) is -1.68. The van der Waals surface area contributed by atoms with Gasteiger partial charge in [-0.05, 0) is 32.6 Å². The van der Waals surface area contributed by atoms with Gasteiger partial charge in [0, 0.05) is 0 Å². The van der Waals surface area contributed by atoms with Crippen molar-refractivity contribution in [1.82, 2.24) is 0 Å². The van der Waals surface area contributed by atoms with Crippen LogP contribution in [0.3, 0.4) is 0 Å². The third-order valence-corrected chi connectivity index (χ3v) is 3.19. The Kier molecular flexibility index (Phi) is 8.08. The molecule has 0 amide bonds. The molecule has 1 N–H and O–H groups in total. The second-order valence-corrected chi connectivity index (χ2v) is 4.35. The summed E-state index contributed by atoms with van der Waals surface area (Å²) in [6.45, 7) is 7.25. The first-order valence-electron chi connectivity index (χ1n) is 6.56. The molecule has 0 aliphatic rings. The van der Waals surface area contributed by atoms with Crippen LogP contribution in [0.2, 0.25) is 0 Å². The maximum atomic E-state index is 11.8. The van der Waals surface area contributed by atoms with Gasteiger partial charge in [-0.3, -0.25) is 9.59 Å². The number of allylic oxidation sites excluding steroid dienone is 1. The van der Waals surface area contributed by atoms with Crippen molar-refractivity contribution >= 4 is 11.9 Å². The standard InChI is InChI=1S/C14H24O4/c1-4-7-8-9-10-11-14(5-2,12(15)16)13(17)18-6-3/h4H,1,5-11H2,2-3H3,(H,15,16). The first-order valence-corrected chi connectivity index (χ1v) is 6.56. The highest BCUT2D eigenvalue weighted by molar-refractivity contribution is 5.99. The molecule has 0 aliphatic carbocycles. The molecule has 0 radical (unpaired) electrons. The SMILES string of the molecule is C=CCCCCCC(CC)(C(=O)O)C(=O)OCC. The summed E-state index contributed by atoms with van der Waals surface area (Å²) in [7, 11) is 0. The molecule has 0 aromatic heterocycles. The Morgan fingerprint density at radius 1 is 1.28 bits per heavy atom. The van der Waals surface area contributed by atoms with Crippen LogP contribution in [0.25, 0.3) is 0 Å². The molecule has 0 fully saturated rings. The first kappa shape index (κ1) is 16.7. The second kappa shape index (κ2) is 8.72. The molecule has 1 atom stereocenters. The van der Waals surface area contributed by atoms with Crippen molar-refractivity contribution in [3.8, 4) is 0 Å². The van der Waals surface area contributed by atoms with Gasteiger partial charge in [-0.15, -0.1) is 6.58 Å². The third kappa shape index (κ3) is 4.51.